The normalized spacial score (nSPS) is 24.7. The lowest BCUT2D eigenvalue weighted by Crippen LogP contribution is -2.51. The van der Waals surface area contributed by atoms with Crippen molar-refractivity contribution in [3.05, 3.63) is 54.1 Å². The number of hydrogen-bond donors (Lipinski definition) is 0. The van der Waals surface area contributed by atoms with Crippen LogP contribution in [0.4, 0.5) is 5.69 Å². The molecule has 2 aromatic rings. The van der Waals surface area contributed by atoms with E-state index in [-0.39, 0.29) is 5.97 Å². The Morgan fingerprint density at radius 2 is 1.26 bits per heavy atom. The van der Waals surface area contributed by atoms with Gasteiger partial charge in [-0.2, -0.15) is 0 Å². The zero-order valence-corrected chi connectivity index (χ0v) is 20.8. The van der Waals surface area contributed by atoms with Crippen LogP contribution in [0.15, 0.2) is 48.5 Å². The molecule has 4 heteroatoms. The van der Waals surface area contributed by atoms with Crippen molar-refractivity contribution in [1.29, 1.82) is 0 Å². The molecule has 1 heterocycles. The molecule has 0 spiro atoms. The highest BCUT2D eigenvalue weighted by Crippen LogP contribution is 2.39. The molecule has 0 unspecified atom stereocenters. The number of anilines is 1. The van der Waals surface area contributed by atoms with Crippen LogP contribution in [0.3, 0.4) is 0 Å². The highest BCUT2D eigenvalue weighted by molar-refractivity contribution is 5.90. The highest BCUT2D eigenvalue weighted by atomic mass is 16.5. The lowest BCUT2D eigenvalue weighted by molar-refractivity contribution is 0.0600. The minimum absolute atomic E-state index is 0.293. The van der Waals surface area contributed by atoms with E-state index < -0.39 is 0 Å². The third-order valence-electron chi connectivity index (χ3n) is 8.76. The molecule has 1 saturated heterocycles. The molecular formula is C30H40N2O2. The van der Waals surface area contributed by atoms with Gasteiger partial charge in [-0.15, -0.1) is 0 Å². The summed E-state index contributed by atoms with van der Waals surface area (Å²) in [6.45, 7) is 4.62. The van der Waals surface area contributed by atoms with Crippen LogP contribution in [0.5, 0.6) is 0 Å². The molecule has 0 aromatic heterocycles. The summed E-state index contributed by atoms with van der Waals surface area (Å²) >= 11 is 0. The molecule has 0 radical (unpaired) electrons. The summed E-state index contributed by atoms with van der Waals surface area (Å²) in [7, 11) is 1.41. The van der Waals surface area contributed by atoms with E-state index in [9.17, 15) is 4.79 Å². The third kappa shape index (κ3) is 5.33. The number of hydrogen-bond acceptors (Lipinski definition) is 4. The Bertz CT molecular complexity index is 917. The van der Waals surface area contributed by atoms with Gasteiger partial charge in [-0.3, -0.25) is 4.90 Å². The van der Waals surface area contributed by atoms with E-state index in [0.29, 0.717) is 5.56 Å². The molecule has 5 rings (SSSR count). The number of rotatable bonds is 5. The summed E-state index contributed by atoms with van der Waals surface area (Å²) in [6.07, 6.45) is 13.2. The molecule has 182 valence electrons. The second kappa shape index (κ2) is 10.9. The highest BCUT2D eigenvalue weighted by Gasteiger charge is 2.32. The van der Waals surface area contributed by atoms with Gasteiger partial charge in [0, 0.05) is 37.9 Å². The number of methoxy groups -OCH3 is 1. The predicted molar refractivity (Wildman–Crippen MR) is 139 cm³/mol. The number of carbonyl (C=O) groups is 1. The monoisotopic (exact) mass is 460 g/mol. The van der Waals surface area contributed by atoms with Crippen molar-refractivity contribution < 1.29 is 9.53 Å². The van der Waals surface area contributed by atoms with Crippen LogP contribution < -0.4 is 4.90 Å². The fourth-order valence-corrected chi connectivity index (χ4v) is 6.67. The number of ether oxygens (including phenoxy) is 1. The van der Waals surface area contributed by atoms with Gasteiger partial charge in [0.15, 0.2) is 0 Å². The van der Waals surface area contributed by atoms with E-state index in [1.54, 1.807) is 0 Å². The standard InChI is InChI=1S/C30H40N2O2/c1-34-30(33)27-9-7-24(8-10-27)26-13-17-29(18-14-26)32-21-19-31(20-22-32)28-15-11-25(12-16-28)23-5-3-2-4-6-23/h7-10,13-14,17-18,23,25,28H,2-6,11-12,15-16,19-22H2,1H3/t25-,28-. The molecule has 4 nitrogen and oxygen atoms in total. The average Bonchev–Trinajstić information content (AvgIpc) is 2.93. The van der Waals surface area contributed by atoms with Crippen molar-refractivity contribution in [2.45, 2.75) is 63.8 Å². The zero-order chi connectivity index (χ0) is 23.3. The van der Waals surface area contributed by atoms with Gasteiger partial charge in [-0.05, 0) is 72.9 Å². The summed E-state index contributed by atoms with van der Waals surface area (Å²) in [6, 6.07) is 17.3. The van der Waals surface area contributed by atoms with Crippen LogP contribution in [0.2, 0.25) is 0 Å². The van der Waals surface area contributed by atoms with E-state index in [1.165, 1.54) is 89.2 Å². The molecule has 1 aliphatic heterocycles. The van der Waals surface area contributed by atoms with Crippen LogP contribution in [-0.4, -0.2) is 50.2 Å². The van der Waals surface area contributed by atoms with Crippen molar-refractivity contribution in [2.24, 2.45) is 11.8 Å². The molecule has 2 aromatic carbocycles. The van der Waals surface area contributed by atoms with Gasteiger partial charge in [0.05, 0.1) is 12.7 Å². The second-order valence-corrected chi connectivity index (χ2v) is 10.6. The van der Waals surface area contributed by atoms with Crippen molar-refractivity contribution in [1.82, 2.24) is 4.90 Å². The summed E-state index contributed by atoms with van der Waals surface area (Å²) in [4.78, 5) is 17.0. The first-order chi connectivity index (χ1) is 16.7. The second-order valence-electron chi connectivity index (χ2n) is 10.6. The maximum atomic E-state index is 11.7. The Morgan fingerprint density at radius 1 is 0.706 bits per heavy atom. The van der Waals surface area contributed by atoms with E-state index in [4.69, 9.17) is 4.74 Å². The number of carbonyl (C=O) groups excluding carboxylic acids is 1. The van der Waals surface area contributed by atoms with Crippen LogP contribution in [0.25, 0.3) is 11.1 Å². The Kier molecular flexibility index (Phi) is 7.54. The SMILES string of the molecule is COC(=O)c1ccc(-c2ccc(N3CCN([C@H]4CC[C@H](C5CCCCC5)CC4)CC3)cc2)cc1. The zero-order valence-electron chi connectivity index (χ0n) is 20.8. The van der Waals surface area contributed by atoms with E-state index >= 15 is 0 Å². The third-order valence-corrected chi connectivity index (χ3v) is 8.76. The van der Waals surface area contributed by atoms with Crippen LogP contribution in [-0.2, 0) is 4.74 Å². The number of benzene rings is 2. The van der Waals surface area contributed by atoms with Crippen molar-refractivity contribution in [3.63, 3.8) is 0 Å². The molecular weight excluding hydrogens is 420 g/mol. The van der Waals surface area contributed by atoms with Gasteiger partial charge >= 0.3 is 5.97 Å². The molecule has 3 aliphatic rings. The smallest absolute Gasteiger partial charge is 0.337 e. The van der Waals surface area contributed by atoms with Gasteiger partial charge in [-0.1, -0.05) is 56.4 Å². The Balaban J connectivity index is 1.11. The topological polar surface area (TPSA) is 32.8 Å². The maximum Gasteiger partial charge on any atom is 0.337 e. The molecule has 0 amide bonds. The molecule has 2 saturated carbocycles. The first-order valence-corrected chi connectivity index (χ1v) is 13.5. The summed E-state index contributed by atoms with van der Waals surface area (Å²) in [5.74, 6) is 1.77. The molecule has 0 atom stereocenters. The fourth-order valence-electron chi connectivity index (χ4n) is 6.67. The molecule has 3 fully saturated rings. The van der Waals surface area contributed by atoms with Gasteiger partial charge < -0.3 is 9.64 Å². The van der Waals surface area contributed by atoms with Gasteiger partial charge in [0.2, 0.25) is 0 Å². The lowest BCUT2D eigenvalue weighted by Gasteiger charge is -2.44. The molecule has 2 aliphatic carbocycles. The Morgan fingerprint density at radius 3 is 1.85 bits per heavy atom. The van der Waals surface area contributed by atoms with Crippen LogP contribution >= 0.6 is 0 Å². The fraction of sp³-hybridized carbons (Fsp3) is 0.567. The number of piperazine rings is 1. The molecule has 0 N–H and O–H groups in total. The predicted octanol–water partition coefficient (Wildman–Crippen LogP) is 6.40. The minimum atomic E-state index is -0.293. The van der Waals surface area contributed by atoms with Gasteiger partial charge in [0.25, 0.3) is 0 Å². The first-order valence-electron chi connectivity index (χ1n) is 13.5. The number of esters is 1. The van der Waals surface area contributed by atoms with Crippen molar-refractivity contribution >= 4 is 11.7 Å². The summed E-state index contributed by atoms with van der Waals surface area (Å²) in [5, 5.41) is 0. The largest absolute Gasteiger partial charge is 0.465 e. The Labute approximate surface area is 205 Å². The van der Waals surface area contributed by atoms with E-state index in [0.717, 1.165) is 36.5 Å². The Hall–Kier alpha value is -2.33. The van der Waals surface area contributed by atoms with Gasteiger partial charge in [-0.25, -0.2) is 4.79 Å². The lowest BCUT2D eigenvalue weighted by atomic mass is 9.72. The average molecular weight is 461 g/mol. The summed E-state index contributed by atoms with van der Waals surface area (Å²) < 4.78 is 4.79. The minimum Gasteiger partial charge on any atom is -0.465 e. The van der Waals surface area contributed by atoms with Gasteiger partial charge in [0.1, 0.15) is 0 Å². The molecule has 34 heavy (non-hydrogen) atoms. The quantitative estimate of drug-likeness (QED) is 0.483. The van der Waals surface area contributed by atoms with Crippen molar-refractivity contribution in [3.8, 4) is 11.1 Å². The molecule has 0 bridgehead atoms. The summed E-state index contributed by atoms with van der Waals surface area (Å²) in [5.41, 5.74) is 4.19. The van der Waals surface area contributed by atoms with E-state index in [1.807, 2.05) is 24.3 Å². The maximum absolute atomic E-state index is 11.7. The van der Waals surface area contributed by atoms with Crippen LogP contribution in [0.1, 0.15) is 68.1 Å². The van der Waals surface area contributed by atoms with E-state index in [2.05, 4.69) is 34.1 Å². The van der Waals surface area contributed by atoms with Crippen LogP contribution in [0, 0.1) is 11.8 Å². The van der Waals surface area contributed by atoms with Crippen molar-refractivity contribution in [2.75, 3.05) is 38.2 Å². The first kappa shape index (κ1) is 23.4. The number of nitrogens with zero attached hydrogens (tertiary/aromatic N) is 2.